The van der Waals surface area contributed by atoms with E-state index in [0.29, 0.717) is 11.8 Å². The molecule has 0 amide bonds. The molecule has 0 fully saturated rings. The number of nitrogens with one attached hydrogen (secondary N) is 1. The summed E-state index contributed by atoms with van der Waals surface area (Å²) in [4.78, 5) is 0. The van der Waals surface area contributed by atoms with Gasteiger partial charge in [-0.1, -0.05) is 45.1 Å². The van der Waals surface area contributed by atoms with Gasteiger partial charge in [0, 0.05) is 0 Å². The molecule has 1 nitrogen and oxygen atoms in total. The van der Waals surface area contributed by atoms with Gasteiger partial charge >= 0.3 is 0 Å². The van der Waals surface area contributed by atoms with E-state index in [9.17, 15) is 0 Å². The van der Waals surface area contributed by atoms with Gasteiger partial charge in [-0.2, -0.15) is 0 Å². The van der Waals surface area contributed by atoms with E-state index in [2.05, 4.69) is 51.7 Å². The molecule has 1 heteroatoms. The predicted molar refractivity (Wildman–Crippen MR) is 65.4 cm³/mol. The molecule has 2 atom stereocenters. The van der Waals surface area contributed by atoms with Crippen LogP contribution in [0.5, 0.6) is 0 Å². The third-order valence-electron chi connectivity index (χ3n) is 2.80. The standard InChI is InChI=1S/C13H25N/c1-6-8-11(3)13(5)12(4)9-10-14-7-2/h6,8,11,13-14H,4,7,9-10H2,1-3,5H3. The Labute approximate surface area is 89.3 Å². The van der Waals surface area contributed by atoms with Gasteiger partial charge in [-0.05, 0) is 38.3 Å². The molecule has 0 aromatic rings. The van der Waals surface area contributed by atoms with Crippen molar-refractivity contribution in [1.29, 1.82) is 0 Å². The van der Waals surface area contributed by atoms with Crippen molar-refractivity contribution in [2.24, 2.45) is 11.8 Å². The molecule has 0 aliphatic carbocycles. The Morgan fingerprint density at radius 1 is 1.43 bits per heavy atom. The highest BCUT2D eigenvalue weighted by Gasteiger charge is 2.11. The van der Waals surface area contributed by atoms with Gasteiger partial charge in [0.1, 0.15) is 0 Å². The summed E-state index contributed by atoms with van der Waals surface area (Å²) >= 11 is 0. The van der Waals surface area contributed by atoms with Crippen LogP contribution in [0.15, 0.2) is 24.3 Å². The van der Waals surface area contributed by atoms with Gasteiger partial charge in [0.2, 0.25) is 0 Å². The van der Waals surface area contributed by atoms with Crippen LogP contribution in [-0.4, -0.2) is 13.1 Å². The smallest absolute Gasteiger partial charge is 0.00117 e. The summed E-state index contributed by atoms with van der Waals surface area (Å²) in [6.45, 7) is 15.0. The van der Waals surface area contributed by atoms with Crippen molar-refractivity contribution >= 4 is 0 Å². The number of rotatable bonds is 7. The van der Waals surface area contributed by atoms with Crippen LogP contribution in [0, 0.1) is 11.8 Å². The van der Waals surface area contributed by atoms with Crippen LogP contribution >= 0.6 is 0 Å². The van der Waals surface area contributed by atoms with E-state index in [0.717, 1.165) is 19.5 Å². The first-order chi connectivity index (χ1) is 6.63. The van der Waals surface area contributed by atoms with Gasteiger partial charge in [0.15, 0.2) is 0 Å². The van der Waals surface area contributed by atoms with E-state index in [1.807, 2.05) is 0 Å². The average Bonchev–Trinajstić information content (AvgIpc) is 2.17. The lowest BCUT2D eigenvalue weighted by Gasteiger charge is -2.19. The summed E-state index contributed by atoms with van der Waals surface area (Å²) in [5.41, 5.74) is 1.36. The Hall–Kier alpha value is -0.560. The van der Waals surface area contributed by atoms with Crippen LogP contribution in [0.1, 0.15) is 34.1 Å². The highest BCUT2D eigenvalue weighted by atomic mass is 14.8. The van der Waals surface area contributed by atoms with Crippen LogP contribution in [0.4, 0.5) is 0 Å². The minimum absolute atomic E-state index is 0.588. The number of hydrogen-bond donors (Lipinski definition) is 1. The number of allylic oxidation sites excluding steroid dienone is 2. The minimum atomic E-state index is 0.588. The largest absolute Gasteiger partial charge is 0.317 e. The first-order valence-corrected chi connectivity index (χ1v) is 5.64. The van der Waals surface area contributed by atoms with Crippen molar-refractivity contribution in [3.63, 3.8) is 0 Å². The zero-order valence-corrected chi connectivity index (χ0v) is 10.1. The van der Waals surface area contributed by atoms with Gasteiger partial charge in [0.05, 0.1) is 0 Å². The highest BCUT2D eigenvalue weighted by Crippen LogP contribution is 2.21. The second-order valence-electron chi connectivity index (χ2n) is 3.94. The normalized spacial score (nSPS) is 15.7. The summed E-state index contributed by atoms with van der Waals surface area (Å²) in [6, 6.07) is 0. The molecule has 0 aromatic heterocycles. The minimum Gasteiger partial charge on any atom is -0.317 e. The Morgan fingerprint density at radius 3 is 2.57 bits per heavy atom. The summed E-state index contributed by atoms with van der Waals surface area (Å²) in [7, 11) is 0. The third kappa shape index (κ3) is 5.23. The molecule has 82 valence electrons. The Bertz CT molecular complexity index is 182. The monoisotopic (exact) mass is 195 g/mol. The molecule has 2 unspecified atom stereocenters. The Balaban J connectivity index is 3.86. The predicted octanol–water partition coefficient (Wildman–Crippen LogP) is 3.39. The summed E-state index contributed by atoms with van der Waals surface area (Å²) < 4.78 is 0. The Kier molecular flexibility index (Phi) is 7.50. The van der Waals surface area contributed by atoms with Crippen molar-refractivity contribution in [2.45, 2.75) is 34.1 Å². The zero-order valence-electron chi connectivity index (χ0n) is 10.1. The molecular weight excluding hydrogens is 170 g/mol. The molecule has 0 saturated carbocycles. The van der Waals surface area contributed by atoms with Crippen LogP contribution in [0.2, 0.25) is 0 Å². The molecule has 0 aliphatic rings. The Morgan fingerprint density at radius 2 is 2.07 bits per heavy atom. The van der Waals surface area contributed by atoms with E-state index < -0.39 is 0 Å². The maximum Gasteiger partial charge on any atom is -0.00117 e. The van der Waals surface area contributed by atoms with E-state index in [1.165, 1.54) is 5.57 Å². The average molecular weight is 195 g/mol. The molecule has 0 spiro atoms. The van der Waals surface area contributed by atoms with E-state index in [-0.39, 0.29) is 0 Å². The van der Waals surface area contributed by atoms with Gasteiger partial charge in [-0.25, -0.2) is 0 Å². The third-order valence-corrected chi connectivity index (χ3v) is 2.80. The lowest BCUT2D eigenvalue weighted by Crippen LogP contribution is -2.17. The molecule has 0 rings (SSSR count). The van der Waals surface area contributed by atoms with Crippen molar-refractivity contribution in [2.75, 3.05) is 13.1 Å². The lowest BCUT2D eigenvalue weighted by atomic mass is 9.87. The lowest BCUT2D eigenvalue weighted by molar-refractivity contribution is 0.508. The van der Waals surface area contributed by atoms with Crippen molar-refractivity contribution in [3.05, 3.63) is 24.3 Å². The second-order valence-corrected chi connectivity index (χ2v) is 3.94. The molecule has 0 saturated heterocycles. The topological polar surface area (TPSA) is 12.0 Å². The second kappa shape index (κ2) is 7.81. The summed E-state index contributed by atoms with van der Waals surface area (Å²) in [5, 5.41) is 3.33. The van der Waals surface area contributed by atoms with Crippen LogP contribution in [-0.2, 0) is 0 Å². The molecule has 0 radical (unpaired) electrons. The molecule has 0 aromatic carbocycles. The molecule has 0 heterocycles. The van der Waals surface area contributed by atoms with Crippen molar-refractivity contribution in [3.8, 4) is 0 Å². The summed E-state index contributed by atoms with van der Waals surface area (Å²) in [6.07, 6.45) is 5.47. The molecular formula is C13H25N. The quantitative estimate of drug-likeness (QED) is 0.485. The highest BCUT2D eigenvalue weighted by molar-refractivity contribution is 5.04. The SMILES string of the molecule is C=C(CCNCC)C(C)C(C)C=CC. The fraction of sp³-hybridized carbons (Fsp3) is 0.692. The fourth-order valence-corrected chi connectivity index (χ4v) is 1.50. The molecule has 14 heavy (non-hydrogen) atoms. The molecule has 0 aliphatic heterocycles. The molecule has 1 N–H and O–H groups in total. The van der Waals surface area contributed by atoms with E-state index in [4.69, 9.17) is 0 Å². The first kappa shape index (κ1) is 13.4. The maximum atomic E-state index is 4.16. The van der Waals surface area contributed by atoms with Crippen LogP contribution in [0.3, 0.4) is 0 Å². The molecule has 0 bridgehead atoms. The maximum absolute atomic E-state index is 4.16. The van der Waals surface area contributed by atoms with Crippen LogP contribution in [0.25, 0.3) is 0 Å². The van der Waals surface area contributed by atoms with Gasteiger partial charge in [-0.3, -0.25) is 0 Å². The van der Waals surface area contributed by atoms with Gasteiger partial charge < -0.3 is 5.32 Å². The van der Waals surface area contributed by atoms with Crippen molar-refractivity contribution < 1.29 is 0 Å². The summed E-state index contributed by atoms with van der Waals surface area (Å²) in [5.74, 6) is 1.19. The van der Waals surface area contributed by atoms with Gasteiger partial charge in [0.25, 0.3) is 0 Å². The van der Waals surface area contributed by atoms with E-state index >= 15 is 0 Å². The van der Waals surface area contributed by atoms with E-state index in [1.54, 1.807) is 0 Å². The number of hydrogen-bond acceptors (Lipinski definition) is 1. The fourth-order valence-electron chi connectivity index (χ4n) is 1.50. The van der Waals surface area contributed by atoms with Gasteiger partial charge in [-0.15, -0.1) is 0 Å². The zero-order chi connectivity index (χ0) is 11.0. The first-order valence-electron chi connectivity index (χ1n) is 5.64. The van der Waals surface area contributed by atoms with Crippen molar-refractivity contribution in [1.82, 2.24) is 5.32 Å². The van der Waals surface area contributed by atoms with Crippen LogP contribution < -0.4 is 5.32 Å².